The van der Waals surface area contributed by atoms with E-state index in [-0.39, 0.29) is 12.4 Å². The first-order valence-corrected chi connectivity index (χ1v) is 4.99. The number of rotatable bonds is 5. The van der Waals surface area contributed by atoms with Crippen LogP contribution in [0.1, 0.15) is 25.8 Å². The number of aromatic nitrogens is 1. The molecule has 0 atom stereocenters. The summed E-state index contributed by atoms with van der Waals surface area (Å²) in [7, 11) is 0. The van der Waals surface area contributed by atoms with Gasteiger partial charge in [0.25, 0.3) is 0 Å². The Morgan fingerprint density at radius 1 is 1.40 bits per heavy atom. The summed E-state index contributed by atoms with van der Waals surface area (Å²) in [6, 6.07) is 1.94. The predicted octanol–water partition coefficient (Wildman–Crippen LogP) is 2.39. The van der Waals surface area contributed by atoms with Crippen molar-refractivity contribution in [2.75, 3.05) is 6.61 Å². The fraction of sp³-hybridized carbons (Fsp3) is 0.545. The molecule has 1 rings (SSSR count). The Kier molecular flexibility index (Phi) is 7.09. The number of nitrogens with zero attached hydrogens (tertiary/aromatic N) is 1. The van der Waals surface area contributed by atoms with E-state index in [0.29, 0.717) is 12.5 Å². The van der Waals surface area contributed by atoms with E-state index in [9.17, 15) is 0 Å². The SMILES string of the molecule is CC(C)CCOc1cncc(CN)c1.Cl. The third kappa shape index (κ3) is 5.60. The molecule has 0 bridgehead atoms. The Morgan fingerprint density at radius 2 is 2.13 bits per heavy atom. The number of hydrogen-bond donors (Lipinski definition) is 1. The summed E-state index contributed by atoms with van der Waals surface area (Å²) in [6.45, 7) is 5.61. The summed E-state index contributed by atoms with van der Waals surface area (Å²) >= 11 is 0. The molecule has 0 saturated heterocycles. The molecule has 0 aromatic carbocycles. The maximum Gasteiger partial charge on any atom is 0.137 e. The molecule has 0 saturated carbocycles. The van der Waals surface area contributed by atoms with Crippen LogP contribution in [0.5, 0.6) is 5.75 Å². The fourth-order valence-corrected chi connectivity index (χ4v) is 1.07. The summed E-state index contributed by atoms with van der Waals surface area (Å²) < 4.78 is 5.54. The largest absolute Gasteiger partial charge is 0.492 e. The van der Waals surface area contributed by atoms with E-state index in [1.54, 1.807) is 12.4 Å². The number of pyridine rings is 1. The van der Waals surface area contributed by atoms with E-state index in [2.05, 4.69) is 18.8 Å². The average molecular weight is 231 g/mol. The first-order valence-electron chi connectivity index (χ1n) is 4.99. The van der Waals surface area contributed by atoms with E-state index in [0.717, 1.165) is 24.3 Å². The zero-order valence-electron chi connectivity index (χ0n) is 9.27. The van der Waals surface area contributed by atoms with Crippen LogP contribution >= 0.6 is 12.4 Å². The van der Waals surface area contributed by atoms with Crippen molar-refractivity contribution >= 4 is 12.4 Å². The molecule has 0 radical (unpaired) electrons. The predicted molar refractivity (Wildman–Crippen MR) is 64.3 cm³/mol. The van der Waals surface area contributed by atoms with Crippen molar-refractivity contribution in [3.63, 3.8) is 0 Å². The van der Waals surface area contributed by atoms with Gasteiger partial charge in [0.2, 0.25) is 0 Å². The van der Waals surface area contributed by atoms with Crippen LogP contribution in [0.3, 0.4) is 0 Å². The Bertz CT molecular complexity index is 279. The summed E-state index contributed by atoms with van der Waals surface area (Å²) in [5, 5.41) is 0. The molecule has 0 spiro atoms. The van der Waals surface area contributed by atoms with Gasteiger partial charge in [0.05, 0.1) is 12.8 Å². The second-order valence-corrected chi connectivity index (χ2v) is 3.76. The van der Waals surface area contributed by atoms with Crippen LogP contribution in [0.25, 0.3) is 0 Å². The highest BCUT2D eigenvalue weighted by molar-refractivity contribution is 5.85. The Balaban J connectivity index is 0.00000196. The van der Waals surface area contributed by atoms with Gasteiger partial charge in [0.1, 0.15) is 5.75 Å². The first-order chi connectivity index (χ1) is 6.72. The minimum atomic E-state index is 0. The van der Waals surface area contributed by atoms with Crippen LogP contribution in [-0.2, 0) is 6.54 Å². The van der Waals surface area contributed by atoms with Crippen molar-refractivity contribution in [1.29, 1.82) is 0 Å². The molecule has 2 N–H and O–H groups in total. The minimum Gasteiger partial charge on any atom is -0.492 e. The van der Waals surface area contributed by atoms with Crippen molar-refractivity contribution in [3.8, 4) is 5.75 Å². The molecule has 1 aromatic rings. The van der Waals surface area contributed by atoms with Gasteiger partial charge in [-0.15, -0.1) is 12.4 Å². The number of halogens is 1. The van der Waals surface area contributed by atoms with E-state index in [1.165, 1.54) is 0 Å². The van der Waals surface area contributed by atoms with Crippen LogP contribution in [-0.4, -0.2) is 11.6 Å². The van der Waals surface area contributed by atoms with Gasteiger partial charge in [0, 0.05) is 12.7 Å². The van der Waals surface area contributed by atoms with Crippen LogP contribution < -0.4 is 10.5 Å². The molecule has 3 nitrogen and oxygen atoms in total. The van der Waals surface area contributed by atoms with Gasteiger partial charge in [-0.05, 0) is 24.0 Å². The van der Waals surface area contributed by atoms with Gasteiger partial charge in [-0.1, -0.05) is 13.8 Å². The molecule has 86 valence electrons. The second kappa shape index (κ2) is 7.49. The van der Waals surface area contributed by atoms with Gasteiger partial charge in [-0.3, -0.25) is 4.98 Å². The van der Waals surface area contributed by atoms with Gasteiger partial charge in [0.15, 0.2) is 0 Å². The van der Waals surface area contributed by atoms with Crippen LogP contribution in [0, 0.1) is 5.92 Å². The third-order valence-corrected chi connectivity index (χ3v) is 1.97. The van der Waals surface area contributed by atoms with E-state index in [1.807, 2.05) is 6.07 Å². The molecule has 4 heteroatoms. The average Bonchev–Trinajstić information content (AvgIpc) is 2.18. The lowest BCUT2D eigenvalue weighted by Gasteiger charge is -2.08. The molecule has 1 heterocycles. The molecule has 0 aliphatic heterocycles. The monoisotopic (exact) mass is 230 g/mol. The summed E-state index contributed by atoms with van der Waals surface area (Å²) in [5.74, 6) is 1.48. The first kappa shape index (κ1) is 14.2. The Labute approximate surface area is 97.4 Å². The lowest BCUT2D eigenvalue weighted by atomic mass is 10.1. The van der Waals surface area contributed by atoms with Crippen molar-refractivity contribution < 1.29 is 4.74 Å². The van der Waals surface area contributed by atoms with Crippen molar-refractivity contribution in [2.45, 2.75) is 26.8 Å². The Hall–Kier alpha value is -0.800. The summed E-state index contributed by atoms with van der Waals surface area (Å²) in [5.41, 5.74) is 6.51. The fourth-order valence-electron chi connectivity index (χ4n) is 1.07. The molecule has 0 amide bonds. The zero-order chi connectivity index (χ0) is 10.4. The van der Waals surface area contributed by atoms with Gasteiger partial charge < -0.3 is 10.5 Å². The third-order valence-electron chi connectivity index (χ3n) is 1.97. The molecule has 1 aromatic heterocycles. The molecule has 0 fully saturated rings. The maximum absolute atomic E-state index is 5.54. The van der Waals surface area contributed by atoms with E-state index >= 15 is 0 Å². The van der Waals surface area contributed by atoms with E-state index < -0.39 is 0 Å². The summed E-state index contributed by atoms with van der Waals surface area (Å²) in [6.07, 6.45) is 4.54. The van der Waals surface area contributed by atoms with Gasteiger partial charge in [-0.2, -0.15) is 0 Å². The number of ether oxygens (including phenoxy) is 1. The summed E-state index contributed by atoms with van der Waals surface area (Å²) in [4.78, 5) is 4.05. The minimum absolute atomic E-state index is 0. The normalized spacial score (nSPS) is 9.87. The molecule has 0 aliphatic carbocycles. The van der Waals surface area contributed by atoms with Crippen molar-refractivity contribution in [1.82, 2.24) is 4.98 Å². The maximum atomic E-state index is 5.54. The van der Waals surface area contributed by atoms with Crippen molar-refractivity contribution in [2.24, 2.45) is 11.7 Å². The Morgan fingerprint density at radius 3 is 2.73 bits per heavy atom. The van der Waals surface area contributed by atoms with Crippen LogP contribution in [0.2, 0.25) is 0 Å². The van der Waals surface area contributed by atoms with Crippen LogP contribution in [0.4, 0.5) is 0 Å². The highest BCUT2D eigenvalue weighted by Gasteiger charge is 1.98. The lowest BCUT2D eigenvalue weighted by Crippen LogP contribution is -2.03. The van der Waals surface area contributed by atoms with Gasteiger partial charge in [-0.25, -0.2) is 0 Å². The number of hydrogen-bond acceptors (Lipinski definition) is 3. The second-order valence-electron chi connectivity index (χ2n) is 3.76. The highest BCUT2D eigenvalue weighted by Crippen LogP contribution is 2.11. The molecule has 0 aliphatic rings. The molecular formula is C11H19ClN2O. The number of nitrogens with two attached hydrogens (primary N) is 1. The quantitative estimate of drug-likeness (QED) is 0.845. The van der Waals surface area contributed by atoms with Gasteiger partial charge >= 0.3 is 0 Å². The smallest absolute Gasteiger partial charge is 0.137 e. The standard InChI is InChI=1S/C11H18N2O.ClH/c1-9(2)3-4-14-11-5-10(6-12)7-13-8-11;/h5,7-9H,3-4,6,12H2,1-2H3;1H. The molecule has 0 unspecified atom stereocenters. The lowest BCUT2D eigenvalue weighted by molar-refractivity contribution is 0.288. The topological polar surface area (TPSA) is 48.1 Å². The van der Waals surface area contributed by atoms with E-state index in [4.69, 9.17) is 10.5 Å². The zero-order valence-corrected chi connectivity index (χ0v) is 10.1. The van der Waals surface area contributed by atoms with Crippen molar-refractivity contribution in [3.05, 3.63) is 24.0 Å². The highest BCUT2D eigenvalue weighted by atomic mass is 35.5. The molecular weight excluding hydrogens is 212 g/mol. The molecule has 15 heavy (non-hydrogen) atoms. The van der Waals surface area contributed by atoms with Crippen LogP contribution in [0.15, 0.2) is 18.5 Å².